The van der Waals surface area contributed by atoms with Gasteiger partial charge in [-0.15, -0.1) is 0 Å². The van der Waals surface area contributed by atoms with Gasteiger partial charge in [-0.1, -0.05) is 12.1 Å². The van der Waals surface area contributed by atoms with E-state index in [9.17, 15) is 17.6 Å². The van der Waals surface area contributed by atoms with Gasteiger partial charge in [0.05, 0.1) is 7.11 Å². The molecular formula is C15H13FO4S. The number of carbonyl (C=O) groups is 1. The Hall–Kier alpha value is -2.21. The standard InChI is InChI=1S/C15H13FO4S/c1-20-12-8-6-11(7-9-12)14(17)10-21(18,19)15-5-3-2-4-13(15)16/h2-9H,10H2,1H3. The number of halogens is 1. The first-order valence-electron chi connectivity index (χ1n) is 6.08. The lowest BCUT2D eigenvalue weighted by Gasteiger charge is -2.06. The summed E-state index contributed by atoms with van der Waals surface area (Å²) < 4.78 is 42.6. The Morgan fingerprint density at radius 1 is 1.10 bits per heavy atom. The van der Waals surface area contributed by atoms with Crippen molar-refractivity contribution in [3.05, 3.63) is 59.9 Å². The van der Waals surface area contributed by atoms with Crippen molar-refractivity contribution in [3.8, 4) is 5.75 Å². The number of benzene rings is 2. The SMILES string of the molecule is COc1ccc(C(=O)CS(=O)(=O)c2ccccc2F)cc1. The Morgan fingerprint density at radius 3 is 2.29 bits per heavy atom. The molecule has 0 saturated carbocycles. The van der Waals surface area contributed by atoms with Crippen molar-refractivity contribution in [2.75, 3.05) is 12.9 Å². The molecule has 0 fully saturated rings. The highest BCUT2D eigenvalue weighted by molar-refractivity contribution is 7.92. The molecule has 2 aromatic rings. The van der Waals surface area contributed by atoms with Crippen molar-refractivity contribution in [2.45, 2.75) is 4.90 Å². The first-order chi connectivity index (χ1) is 9.94. The maximum atomic E-state index is 13.5. The fourth-order valence-corrected chi connectivity index (χ4v) is 3.13. The summed E-state index contributed by atoms with van der Waals surface area (Å²) in [6.07, 6.45) is 0. The number of sulfone groups is 1. The molecule has 0 bridgehead atoms. The van der Waals surface area contributed by atoms with Crippen LogP contribution in [0.3, 0.4) is 0 Å². The fraction of sp³-hybridized carbons (Fsp3) is 0.133. The molecule has 0 radical (unpaired) electrons. The lowest BCUT2D eigenvalue weighted by atomic mass is 10.1. The molecule has 0 aliphatic rings. The minimum absolute atomic E-state index is 0.232. The molecule has 0 heterocycles. The van der Waals surface area contributed by atoms with Crippen molar-refractivity contribution in [3.63, 3.8) is 0 Å². The van der Waals surface area contributed by atoms with E-state index >= 15 is 0 Å². The summed E-state index contributed by atoms with van der Waals surface area (Å²) in [5.74, 6) is -1.68. The zero-order valence-electron chi connectivity index (χ0n) is 11.2. The van der Waals surface area contributed by atoms with Gasteiger partial charge in [0.2, 0.25) is 0 Å². The maximum absolute atomic E-state index is 13.5. The smallest absolute Gasteiger partial charge is 0.188 e. The molecule has 0 aliphatic carbocycles. The van der Waals surface area contributed by atoms with Gasteiger partial charge in [0.25, 0.3) is 0 Å². The summed E-state index contributed by atoms with van der Waals surface area (Å²) in [4.78, 5) is 11.5. The molecule has 0 N–H and O–H groups in total. The van der Waals surface area contributed by atoms with Gasteiger partial charge in [0.15, 0.2) is 15.6 Å². The van der Waals surface area contributed by atoms with Crippen molar-refractivity contribution < 1.29 is 22.3 Å². The monoisotopic (exact) mass is 308 g/mol. The number of carbonyl (C=O) groups excluding carboxylic acids is 1. The van der Waals surface area contributed by atoms with Gasteiger partial charge in [-0.25, -0.2) is 12.8 Å². The summed E-state index contributed by atoms with van der Waals surface area (Å²) in [5.41, 5.74) is 0.232. The van der Waals surface area contributed by atoms with E-state index in [0.717, 1.165) is 12.1 Å². The van der Waals surface area contributed by atoms with Crippen LogP contribution in [0.4, 0.5) is 4.39 Å². The largest absolute Gasteiger partial charge is 0.497 e. The topological polar surface area (TPSA) is 60.4 Å². The molecule has 0 aromatic heterocycles. The maximum Gasteiger partial charge on any atom is 0.188 e. The lowest BCUT2D eigenvalue weighted by Crippen LogP contribution is -2.17. The summed E-state index contributed by atoms with van der Waals surface area (Å²) in [7, 11) is -2.52. The van der Waals surface area contributed by atoms with Crippen LogP contribution < -0.4 is 4.74 Å². The Balaban J connectivity index is 2.24. The number of Topliss-reactive ketones (excluding diaryl/α,β-unsaturated/α-hetero) is 1. The summed E-state index contributed by atoms with van der Waals surface area (Å²) in [6.45, 7) is 0. The minimum atomic E-state index is -4.01. The second kappa shape index (κ2) is 6.05. The molecule has 6 heteroatoms. The first-order valence-corrected chi connectivity index (χ1v) is 7.74. The van der Waals surface area contributed by atoms with Gasteiger partial charge in [-0.05, 0) is 36.4 Å². The molecule has 0 unspecified atom stereocenters. The highest BCUT2D eigenvalue weighted by Gasteiger charge is 2.23. The first kappa shape index (κ1) is 15.2. The van der Waals surface area contributed by atoms with Crippen LogP contribution in [0.15, 0.2) is 53.4 Å². The molecule has 2 aromatic carbocycles. The minimum Gasteiger partial charge on any atom is -0.497 e. The molecule has 2 rings (SSSR count). The van der Waals surface area contributed by atoms with E-state index < -0.39 is 32.1 Å². The average Bonchev–Trinajstić information content (AvgIpc) is 2.47. The molecule has 110 valence electrons. The Kier molecular flexibility index (Phi) is 4.37. The summed E-state index contributed by atoms with van der Waals surface area (Å²) in [5, 5.41) is 0. The van der Waals surface area contributed by atoms with E-state index in [4.69, 9.17) is 4.74 Å². The van der Waals surface area contributed by atoms with Crippen LogP contribution in [0.25, 0.3) is 0 Å². The van der Waals surface area contributed by atoms with E-state index in [0.29, 0.717) is 5.75 Å². The summed E-state index contributed by atoms with van der Waals surface area (Å²) >= 11 is 0. The summed E-state index contributed by atoms with van der Waals surface area (Å²) in [6, 6.07) is 11.0. The third kappa shape index (κ3) is 3.46. The molecule has 0 amide bonds. The van der Waals surface area contributed by atoms with Crippen LogP contribution >= 0.6 is 0 Å². The average molecular weight is 308 g/mol. The van der Waals surface area contributed by atoms with Crippen LogP contribution in [0.5, 0.6) is 5.75 Å². The molecule has 4 nitrogen and oxygen atoms in total. The molecule has 0 atom stereocenters. The van der Waals surface area contributed by atoms with Gasteiger partial charge in [0, 0.05) is 5.56 Å². The Morgan fingerprint density at radius 2 is 1.71 bits per heavy atom. The second-order valence-corrected chi connectivity index (χ2v) is 6.30. The second-order valence-electron chi connectivity index (χ2n) is 4.34. The van der Waals surface area contributed by atoms with Gasteiger partial charge >= 0.3 is 0 Å². The number of ether oxygens (including phenoxy) is 1. The van der Waals surface area contributed by atoms with Crippen molar-refractivity contribution in [1.82, 2.24) is 0 Å². The zero-order valence-corrected chi connectivity index (χ0v) is 12.1. The van der Waals surface area contributed by atoms with Crippen LogP contribution in [0.1, 0.15) is 10.4 Å². The lowest BCUT2D eigenvalue weighted by molar-refractivity contribution is 0.102. The van der Waals surface area contributed by atoms with Crippen molar-refractivity contribution in [2.24, 2.45) is 0 Å². The van der Waals surface area contributed by atoms with Gasteiger partial charge < -0.3 is 4.74 Å². The van der Waals surface area contributed by atoms with E-state index in [1.165, 1.54) is 31.4 Å². The predicted molar refractivity (Wildman–Crippen MR) is 75.8 cm³/mol. The number of rotatable bonds is 5. The molecule has 0 aliphatic heterocycles. The van der Waals surface area contributed by atoms with Gasteiger partial charge in [-0.3, -0.25) is 4.79 Å². The van der Waals surface area contributed by atoms with Gasteiger partial charge in [0.1, 0.15) is 22.2 Å². The van der Waals surface area contributed by atoms with Gasteiger partial charge in [-0.2, -0.15) is 0 Å². The third-order valence-corrected chi connectivity index (χ3v) is 4.55. The molecule has 0 spiro atoms. The number of methoxy groups -OCH3 is 1. The molecular weight excluding hydrogens is 295 g/mol. The predicted octanol–water partition coefficient (Wildman–Crippen LogP) is 2.49. The van der Waals surface area contributed by atoms with E-state index in [-0.39, 0.29) is 5.56 Å². The Bertz CT molecular complexity index is 751. The zero-order chi connectivity index (χ0) is 15.5. The highest BCUT2D eigenvalue weighted by atomic mass is 32.2. The number of hydrogen-bond acceptors (Lipinski definition) is 4. The van der Waals surface area contributed by atoms with Crippen LogP contribution in [-0.2, 0) is 9.84 Å². The molecule has 0 saturated heterocycles. The number of hydrogen-bond donors (Lipinski definition) is 0. The van der Waals surface area contributed by atoms with E-state index in [2.05, 4.69) is 0 Å². The molecule has 21 heavy (non-hydrogen) atoms. The number of ketones is 1. The van der Waals surface area contributed by atoms with Crippen molar-refractivity contribution in [1.29, 1.82) is 0 Å². The van der Waals surface area contributed by atoms with Crippen LogP contribution in [-0.4, -0.2) is 27.1 Å². The highest BCUT2D eigenvalue weighted by Crippen LogP contribution is 2.18. The van der Waals surface area contributed by atoms with Crippen LogP contribution in [0.2, 0.25) is 0 Å². The Labute approximate surface area is 122 Å². The van der Waals surface area contributed by atoms with Crippen molar-refractivity contribution >= 4 is 15.6 Å². The van der Waals surface area contributed by atoms with E-state index in [1.54, 1.807) is 12.1 Å². The van der Waals surface area contributed by atoms with Crippen LogP contribution in [0, 0.1) is 5.82 Å². The quantitative estimate of drug-likeness (QED) is 0.796. The fourth-order valence-electron chi connectivity index (χ4n) is 1.81. The third-order valence-electron chi connectivity index (χ3n) is 2.90. The normalized spacial score (nSPS) is 11.1. The van der Waals surface area contributed by atoms with E-state index in [1.807, 2.05) is 0 Å².